The fourth-order valence-electron chi connectivity index (χ4n) is 1.42. The van der Waals surface area contributed by atoms with Crippen molar-refractivity contribution in [3.05, 3.63) is 29.8 Å². The molecule has 0 fully saturated rings. The first-order valence-corrected chi connectivity index (χ1v) is 5.69. The molecule has 0 aromatic heterocycles. The van der Waals surface area contributed by atoms with Gasteiger partial charge in [0.2, 0.25) is 0 Å². The van der Waals surface area contributed by atoms with Gasteiger partial charge in [0.05, 0.1) is 0 Å². The maximum atomic E-state index is 10.4. The standard InChI is InChI=1S/C12H17NO2S/c1-13(2)10-5-3-9(4-6-10)11(16)7-8-12(14)15/h3-6,11,16H,7-8H2,1-2H3,(H,14,15). The summed E-state index contributed by atoms with van der Waals surface area (Å²) in [4.78, 5) is 12.5. The van der Waals surface area contributed by atoms with Crippen molar-refractivity contribution in [2.75, 3.05) is 19.0 Å². The third-order valence-electron chi connectivity index (χ3n) is 2.43. The third-order valence-corrected chi connectivity index (χ3v) is 2.98. The third kappa shape index (κ3) is 3.77. The first kappa shape index (κ1) is 12.9. The number of carboxylic acid groups (broad SMARTS) is 1. The molecular weight excluding hydrogens is 222 g/mol. The Balaban J connectivity index is 2.62. The molecule has 0 bridgehead atoms. The van der Waals surface area contributed by atoms with Crippen LogP contribution in [0.15, 0.2) is 24.3 Å². The predicted molar refractivity (Wildman–Crippen MR) is 69.4 cm³/mol. The Morgan fingerprint density at radius 2 is 1.94 bits per heavy atom. The smallest absolute Gasteiger partial charge is 0.303 e. The molecular formula is C12H17NO2S. The minimum atomic E-state index is -0.774. The summed E-state index contributed by atoms with van der Waals surface area (Å²) in [5, 5.41) is 8.58. The van der Waals surface area contributed by atoms with Gasteiger partial charge in [0.15, 0.2) is 0 Å². The summed E-state index contributed by atoms with van der Waals surface area (Å²) in [7, 11) is 3.97. The summed E-state index contributed by atoms with van der Waals surface area (Å²) in [6.45, 7) is 0. The van der Waals surface area contributed by atoms with Gasteiger partial charge in [-0.25, -0.2) is 0 Å². The van der Waals surface area contributed by atoms with Crippen molar-refractivity contribution < 1.29 is 9.90 Å². The number of hydrogen-bond acceptors (Lipinski definition) is 3. The molecule has 1 aromatic carbocycles. The summed E-state index contributed by atoms with van der Waals surface area (Å²) in [6, 6.07) is 8.02. The summed E-state index contributed by atoms with van der Waals surface area (Å²) < 4.78 is 0. The minimum Gasteiger partial charge on any atom is -0.481 e. The lowest BCUT2D eigenvalue weighted by Gasteiger charge is -2.14. The van der Waals surface area contributed by atoms with E-state index in [1.807, 2.05) is 43.3 Å². The van der Waals surface area contributed by atoms with Gasteiger partial charge in [-0.05, 0) is 24.1 Å². The van der Waals surface area contributed by atoms with Crippen molar-refractivity contribution in [1.82, 2.24) is 0 Å². The fourth-order valence-corrected chi connectivity index (χ4v) is 1.72. The van der Waals surface area contributed by atoms with Crippen LogP contribution in [0.25, 0.3) is 0 Å². The average Bonchev–Trinajstić information content (AvgIpc) is 2.26. The topological polar surface area (TPSA) is 40.5 Å². The number of anilines is 1. The summed E-state index contributed by atoms with van der Waals surface area (Å²) in [5.74, 6) is -0.774. The van der Waals surface area contributed by atoms with Crippen LogP contribution in [-0.2, 0) is 4.79 Å². The predicted octanol–water partition coefficient (Wildman–Crippen LogP) is 2.59. The van der Waals surface area contributed by atoms with E-state index in [1.54, 1.807) is 0 Å². The molecule has 0 amide bonds. The number of carboxylic acids is 1. The fraction of sp³-hybridized carbons (Fsp3) is 0.417. The number of benzene rings is 1. The highest BCUT2D eigenvalue weighted by molar-refractivity contribution is 7.80. The Morgan fingerprint density at radius 1 is 1.38 bits per heavy atom. The average molecular weight is 239 g/mol. The Morgan fingerprint density at radius 3 is 2.38 bits per heavy atom. The molecule has 0 radical (unpaired) electrons. The molecule has 0 saturated carbocycles. The quantitative estimate of drug-likeness (QED) is 0.776. The lowest BCUT2D eigenvalue weighted by Crippen LogP contribution is -2.08. The highest BCUT2D eigenvalue weighted by atomic mass is 32.1. The highest BCUT2D eigenvalue weighted by Gasteiger charge is 2.08. The molecule has 0 saturated heterocycles. The van der Waals surface area contributed by atoms with Crippen molar-refractivity contribution >= 4 is 24.3 Å². The first-order valence-electron chi connectivity index (χ1n) is 5.18. The zero-order valence-corrected chi connectivity index (χ0v) is 10.4. The maximum Gasteiger partial charge on any atom is 0.303 e. The van der Waals surface area contributed by atoms with E-state index in [0.717, 1.165) is 11.3 Å². The normalized spacial score (nSPS) is 12.2. The van der Waals surface area contributed by atoms with Crippen LogP contribution in [0.5, 0.6) is 0 Å². The van der Waals surface area contributed by atoms with Crippen LogP contribution in [0.2, 0.25) is 0 Å². The van der Waals surface area contributed by atoms with Gasteiger partial charge in [0.1, 0.15) is 0 Å². The van der Waals surface area contributed by atoms with Crippen LogP contribution < -0.4 is 4.90 Å². The number of nitrogens with zero attached hydrogens (tertiary/aromatic N) is 1. The van der Waals surface area contributed by atoms with Crippen LogP contribution in [0, 0.1) is 0 Å². The molecule has 1 atom stereocenters. The Bertz CT molecular complexity index is 349. The number of hydrogen-bond donors (Lipinski definition) is 2. The molecule has 1 aromatic rings. The largest absolute Gasteiger partial charge is 0.481 e. The molecule has 1 rings (SSSR count). The summed E-state index contributed by atoms with van der Waals surface area (Å²) in [5.41, 5.74) is 2.19. The monoisotopic (exact) mass is 239 g/mol. The lowest BCUT2D eigenvalue weighted by atomic mass is 10.1. The van der Waals surface area contributed by atoms with Crippen LogP contribution in [0.3, 0.4) is 0 Å². The van der Waals surface area contributed by atoms with Gasteiger partial charge < -0.3 is 10.0 Å². The minimum absolute atomic E-state index is 0.00712. The van der Waals surface area contributed by atoms with E-state index in [-0.39, 0.29) is 11.7 Å². The second-order valence-electron chi connectivity index (χ2n) is 3.93. The van der Waals surface area contributed by atoms with E-state index < -0.39 is 5.97 Å². The van der Waals surface area contributed by atoms with Crippen LogP contribution >= 0.6 is 12.6 Å². The lowest BCUT2D eigenvalue weighted by molar-refractivity contribution is -0.137. The molecule has 3 nitrogen and oxygen atoms in total. The Hall–Kier alpha value is -1.16. The molecule has 0 aliphatic heterocycles. The van der Waals surface area contributed by atoms with Gasteiger partial charge in [-0.1, -0.05) is 12.1 Å². The molecule has 0 spiro atoms. The molecule has 1 unspecified atom stereocenters. The van der Waals surface area contributed by atoms with Crippen LogP contribution in [0.1, 0.15) is 23.7 Å². The number of thiol groups is 1. The summed E-state index contributed by atoms with van der Waals surface area (Å²) >= 11 is 4.40. The molecule has 0 heterocycles. The van der Waals surface area contributed by atoms with E-state index in [0.29, 0.717) is 6.42 Å². The molecule has 88 valence electrons. The molecule has 0 aliphatic carbocycles. The van der Waals surface area contributed by atoms with Gasteiger partial charge in [0.25, 0.3) is 0 Å². The van der Waals surface area contributed by atoms with Gasteiger partial charge in [-0.3, -0.25) is 4.79 Å². The number of rotatable bonds is 5. The SMILES string of the molecule is CN(C)c1ccc(C(S)CCC(=O)O)cc1. The molecule has 16 heavy (non-hydrogen) atoms. The zero-order chi connectivity index (χ0) is 12.1. The first-order chi connectivity index (χ1) is 7.50. The molecule has 1 N–H and O–H groups in total. The second-order valence-corrected chi connectivity index (χ2v) is 4.56. The molecule has 4 heteroatoms. The van der Waals surface area contributed by atoms with Gasteiger partial charge >= 0.3 is 5.97 Å². The second kappa shape index (κ2) is 5.80. The van der Waals surface area contributed by atoms with E-state index in [1.165, 1.54) is 0 Å². The number of aliphatic carboxylic acids is 1. The van der Waals surface area contributed by atoms with Crippen LogP contribution in [-0.4, -0.2) is 25.2 Å². The van der Waals surface area contributed by atoms with Crippen molar-refractivity contribution in [3.63, 3.8) is 0 Å². The van der Waals surface area contributed by atoms with E-state index in [2.05, 4.69) is 12.6 Å². The van der Waals surface area contributed by atoms with E-state index in [9.17, 15) is 4.79 Å². The van der Waals surface area contributed by atoms with Crippen molar-refractivity contribution in [2.45, 2.75) is 18.1 Å². The van der Waals surface area contributed by atoms with Gasteiger partial charge in [0, 0.05) is 31.5 Å². The zero-order valence-electron chi connectivity index (χ0n) is 9.55. The number of carbonyl (C=O) groups is 1. The van der Waals surface area contributed by atoms with Gasteiger partial charge in [-0.2, -0.15) is 12.6 Å². The van der Waals surface area contributed by atoms with Gasteiger partial charge in [-0.15, -0.1) is 0 Å². The maximum absolute atomic E-state index is 10.4. The van der Waals surface area contributed by atoms with E-state index >= 15 is 0 Å². The Kier molecular flexibility index (Phi) is 4.68. The molecule has 0 aliphatic rings. The Labute approximate surface area is 101 Å². The summed E-state index contributed by atoms with van der Waals surface area (Å²) in [6.07, 6.45) is 0.712. The van der Waals surface area contributed by atoms with Crippen LogP contribution in [0.4, 0.5) is 5.69 Å². The van der Waals surface area contributed by atoms with E-state index in [4.69, 9.17) is 5.11 Å². The van der Waals surface area contributed by atoms with Crippen molar-refractivity contribution in [1.29, 1.82) is 0 Å². The van der Waals surface area contributed by atoms with Crippen molar-refractivity contribution in [2.24, 2.45) is 0 Å². The highest BCUT2D eigenvalue weighted by Crippen LogP contribution is 2.26. The van der Waals surface area contributed by atoms with Crippen molar-refractivity contribution in [3.8, 4) is 0 Å².